The molecule has 2 aromatic rings. The number of fused-ring (bicyclic) bond motifs is 1. The van der Waals surface area contributed by atoms with Gasteiger partial charge in [-0.1, -0.05) is 12.1 Å². The molecule has 0 unspecified atom stereocenters. The topological polar surface area (TPSA) is 80.3 Å². The summed E-state index contributed by atoms with van der Waals surface area (Å²) in [6, 6.07) is 11.0. The maximum absolute atomic E-state index is 13.3. The van der Waals surface area contributed by atoms with Crippen molar-refractivity contribution in [3.63, 3.8) is 0 Å². The minimum Gasteiger partial charge on any atom is -0.493 e. The van der Waals surface area contributed by atoms with Crippen LogP contribution in [0, 0.1) is 0 Å². The standard InChI is InChI=1S/C24H29N3O5/c1-5-27-18-9-7-6-8-17(18)22(28)25-24(27)10-12-26(13-11-24)23(29)16-14-19(30-2)21(32-4)20(15-16)31-3/h6-9,14-15H,5,10-13H2,1-4H3,(H,25,28). The van der Waals surface area contributed by atoms with Crippen LogP contribution in [-0.4, -0.2) is 63.3 Å². The smallest absolute Gasteiger partial charge is 0.255 e. The van der Waals surface area contributed by atoms with Crippen molar-refractivity contribution in [1.82, 2.24) is 10.2 Å². The molecule has 1 N–H and O–H groups in total. The zero-order valence-electron chi connectivity index (χ0n) is 18.9. The third-order valence-electron chi connectivity index (χ3n) is 6.41. The molecular weight excluding hydrogens is 410 g/mol. The first-order valence-electron chi connectivity index (χ1n) is 10.8. The van der Waals surface area contributed by atoms with Crippen molar-refractivity contribution in [2.75, 3.05) is 45.9 Å². The summed E-state index contributed by atoms with van der Waals surface area (Å²) in [6.07, 6.45) is 1.27. The molecule has 0 aromatic heterocycles. The second-order valence-electron chi connectivity index (χ2n) is 7.95. The molecule has 0 atom stereocenters. The zero-order valence-corrected chi connectivity index (χ0v) is 18.9. The SMILES string of the molecule is CCN1c2ccccc2C(=O)NC12CCN(C(=O)c1cc(OC)c(OC)c(OC)c1)CC2. The Labute approximate surface area is 188 Å². The molecule has 0 aliphatic carbocycles. The van der Waals surface area contributed by atoms with E-state index in [-0.39, 0.29) is 11.8 Å². The lowest BCUT2D eigenvalue weighted by Gasteiger charge is -2.52. The van der Waals surface area contributed by atoms with Crippen molar-refractivity contribution in [1.29, 1.82) is 0 Å². The predicted molar refractivity (Wildman–Crippen MR) is 121 cm³/mol. The zero-order chi connectivity index (χ0) is 22.9. The number of carbonyl (C=O) groups excluding carboxylic acids is 2. The van der Waals surface area contributed by atoms with Crippen LogP contribution in [0.1, 0.15) is 40.5 Å². The molecule has 2 heterocycles. The van der Waals surface area contributed by atoms with Crippen LogP contribution in [0.5, 0.6) is 17.2 Å². The lowest BCUT2D eigenvalue weighted by atomic mass is 9.89. The summed E-state index contributed by atoms with van der Waals surface area (Å²) in [4.78, 5) is 30.2. The van der Waals surface area contributed by atoms with Crippen LogP contribution in [0.3, 0.4) is 0 Å². The summed E-state index contributed by atoms with van der Waals surface area (Å²) in [5.74, 6) is 1.17. The average molecular weight is 440 g/mol. The number of likely N-dealkylation sites (tertiary alicyclic amines) is 1. The number of methoxy groups -OCH3 is 3. The highest BCUT2D eigenvalue weighted by atomic mass is 16.5. The first-order valence-corrected chi connectivity index (χ1v) is 10.8. The number of rotatable bonds is 5. The monoisotopic (exact) mass is 439 g/mol. The van der Waals surface area contributed by atoms with Gasteiger partial charge in [0.05, 0.1) is 32.6 Å². The molecule has 8 nitrogen and oxygen atoms in total. The van der Waals surface area contributed by atoms with Gasteiger partial charge in [-0.15, -0.1) is 0 Å². The van der Waals surface area contributed by atoms with Crippen LogP contribution in [-0.2, 0) is 0 Å². The van der Waals surface area contributed by atoms with Crippen molar-refractivity contribution in [2.45, 2.75) is 25.4 Å². The third-order valence-corrected chi connectivity index (χ3v) is 6.41. The number of para-hydroxylation sites is 1. The lowest BCUT2D eigenvalue weighted by Crippen LogP contribution is -2.68. The number of piperidine rings is 1. The number of carbonyl (C=O) groups is 2. The second-order valence-corrected chi connectivity index (χ2v) is 7.95. The van der Waals surface area contributed by atoms with E-state index >= 15 is 0 Å². The molecule has 0 bridgehead atoms. The maximum atomic E-state index is 13.3. The summed E-state index contributed by atoms with van der Waals surface area (Å²) in [5.41, 5.74) is 1.62. The molecule has 32 heavy (non-hydrogen) atoms. The molecule has 2 aliphatic rings. The highest BCUT2D eigenvalue weighted by molar-refractivity contribution is 6.02. The molecule has 8 heteroatoms. The van der Waals surface area contributed by atoms with Gasteiger partial charge in [0, 0.05) is 38.0 Å². The summed E-state index contributed by atoms with van der Waals surface area (Å²) < 4.78 is 16.1. The van der Waals surface area contributed by atoms with Crippen molar-refractivity contribution in [2.24, 2.45) is 0 Å². The van der Waals surface area contributed by atoms with Crippen LogP contribution in [0.15, 0.2) is 36.4 Å². The Morgan fingerprint density at radius 2 is 1.66 bits per heavy atom. The minimum atomic E-state index is -0.494. The molecule has 2 amide bonds. The van der Waals surface area contributed by atoms with Gasteiger partial charge in [-0.3, -0.25) is 9.59 Å². The van der Waals surface area contributed by atoms with Crippen LogP contribution in [0.4, 0.5) is 5.69 Å². The van der Waals surface area contributed by atoms with Gasteiger partial charge >= 0.3 is 0 Å². The van der Waals surface area contributed by atoms with Gasteiger partial charge in [-0.2, -0.15) is 0 Å². The molecule has 0 saturated carbocycles. The quantitative estimate of drug-likeness (QED) is 0.772. The van der Waals surface area contributed by atoms with Crippen molar-refractivity contribution in [3.8, 4) is 17.2 Å². The van der Waals surface area contributed by atoms with E-state index in [4.69, 9.17) is 14.2 Å². The molecule has 1 spiro atoms. The number of nitrogens with one attached hydrogen (secondary N) is 1. The maximum Gasteiger partial charge on any atom is 0.255 e. The number of amides is 2. The van der Waals surface area contributed by atoms with E-state index in [1.54, 1.807) is 12.1 Å². The van der Waals surface area contributed by atoms with Crippen molar-refractivity contribution < 1.29 is 23.8 Å². The molecule has 1 fully saturated rings. The lowest BCUT2D eigenvalue weighted by molar-refractivity contribution is 0.0603. The Hall–Kier alpha value is -3.42. The summed E-state index contributed by atoms with van der Waals surface area (Å²) in [7, 11) is 4.58. The van der Waals surface area contributed by atoms with Gasteiger partial charge in [-0.05, 0) is 31.2 Å². The first kappa shape index (κ1) is 21.8. The molecule has 4 rings (SSSR count). The Morgan fingerprint density at radius 3 is 2.22 bits per heavy atom. The van der Waals surface area contributed by atoms with Crippen LogP contribution in [0.2, 0.25) is 0 Å². The molecular formula is C24H29N3O5. The number of nitrogens with zero attached hydrogens (tertiary/aromatic N) is 2. The summed E-state index contributed by atoms with van der Waals surface area (Å²) >= 11 is 0. The fraction of sp³-hybridized carbons (Fsp3) is 0.417. The van der Waals surface area contributed by atoms with Crippen LogP contribution >= 0.6 is 0 Å². The van der Waals surface area contributed by atoms with Gasteiger partial charge in [0.2, 0.25) is 5.75 Å². The van der Waals surface area contributed by atoms with Crippen molar-refractivity contribution >= 4 is 17.5 Å². The van der Waals surface area contributed by atoms with E-state index in [2.05, 4.69) is 17.1 Å². The highest BCUT2D eigenvalue weighted by Crippen LogP contribution is 2.40. The fourth-order valence-corrected chi connectivity index (χ4v) is 4.81. The van der Waals surface area contributed by atoms with Crippen LogP contribution < -0.4 is 24.4 Å². The molecule has 1 saturated heterocycles. The number of anilines is 1. The predicted octanol–water partition coefficient (Wildman–Crippen LogP) is 2.91. The highest BCUT2D eigenvalue weighted by Gasteiger charge is 2.45. The Morgan fingerprint density at radius 1 is 1.03 bits per heavy atom. The minimum absolute atomic E-state index is 0.0605. The summed E-state index contributed by atoms with van der Waals surface area (Å²) in [6.45, 7) is 3.89. The second kappa shape index (κ2) is 8.61. The average Bonchev–Trinajstić information content (AvgIpc) is 2.83. The molecule has 0 radical (unpaired) electrons. The van der Waals surface area contributed by atoms with Crippen molar-refractivity contribution in [3.05, 3.63) is 47.5 Å². The fourth-order valence-electron chi connectivity index (χ4n) is 4.81. The van der Waals surface area contributed by atoms with E-state index in [0.29, 0.717) is 54.3 Å². The van der Waals surface area contributed by atoms with Gasteiger partial charge < -0.3 is 29.3 Å². The Bertz CT molecular complexity index is 1010. The molecule has 2 aromatic carbocycles. The van der Waals surface area contributed by atoms with E-state index < -0.39 is 5.66 Å². The van der Waals surface area contributed by atoms with E-state index in [1.165, 1.54) is 21.3 Å². The number of ether oxygens (including phenoxy) is 3. The third kappa shape index (κ3) is 3.49. The normalized spacial score (nSPS) is 16.9. The molecule has 170 valence electrons. The van der Waals surface area contributed by atoms with Gasteiger partial charge in [0.1, 0.15) is 5.66 Å². The largest absolute Gasteiger partial charge is 0.493 e. The number of hydrogen-bond donors (Lipinski definition) is 1. The Balaban J connectivity index is 1.56. The van der Waals surface area contributed by atoms with E-state index in [0.717, 1.165) is 12.2 Å². The number of benzene rings is 2. The van der Waals surface area contributed by atoms with Gasteiger partial charge in [-0.25, -0.2) is 0 Å². The first-order chi connectivity index (χ1) is 15.5. The Kier molecular flexibility index (Phi) is 5.86. The summed E-state index contributed by atoms with van der Waals surface area (Å²) in [5, 5.41) is 3.23. The van der Waals surface area contributed by atoms with Gasteiger partial charge in [0.25, 0.3) is 11.8 Å². The van der Waals surface area contributed by atoms with E-state index in [1.807, 2.05) is 29.2 Å². The number of hydrogen-bond acceptors (Lipinski definition) is 6. The molecule has 2 aliphatic heterocycles. The van der Waals surface area contributed by atoms with Crippen LogP contribution in [0.25, 0.3) is 0 Å². The van der Waals surface area contributed by atoms with Gasteiger partial charge in [0.15, 0.2) is 11.5 Å². The van der Waals surface area contributed by atoms with E-state index in [9.17, 15) is 9.59 Å².